The van der Waals surface area contributed by atoms with Crippen LogP contribution in [-0.2, 0) is 4.79 Å². The topological polar surface area (TPSA) is 55.3 Å². The second kappa shape index (κ2) is 7.47. The van der Waals surface area contributed by atoms with Crippen molar-refractivity contribution >= 4 is 5.91 Å². The molecule has 1 aromatic carbocycles. The maximum Gasteiger partial charge on any atom is 0.248 e. The third-order valence-electron chi connectivity index (χ3n) is 4.36. The van der Waals surface area contributed by atoms with Crippen LogP contribution in [0.15, 0.2) is 48.8 Å². The average molecular weight is 337 g/mol. The van der Waals surface area contributed by atoms with E-state index in [9.17, 15) is 4.79 Å². The fourth-order valence-corrected chi connectivity index (χ4v) is 3.14. The van der Waals surface area contributed by atoms with E-state index in [2.05, 4.69) is 16.5 Å². The van der Waals surface area contributed by atoms with Crippen molar-refractivity contribution in [1.29, 1.82) is 0 Å². The molecule has 3 rings (SSSR count). The highest BCUT2D eigenvalue weighted by atomic mass is 16.5. The summed E-state index contributed by atoms with van der Waals surface area (Å²) in [7, 11) is 0. The molecular formula is C20H23N3O2. The number of nitrogens with zero attached hydrogens (tertiary/aromatic N) is 3. The van der Waals surface area contributed by atoms with E-state index in [0.29, 0.717) is 18.0 Å². The number of rotatable bonds is 4. The molecule has 0 N–H and O–H groups in total. The number of hydrogen-bond donors (Lipinski definition) is 0. The lowest BCUT2D eigenvalue weighted by Crippen LogP contribution is -2.39. The van der Waals surface area contributed by atoms with Gasteiger partial charge in [0.05, 0.1) is 0 Å². The first-order valence-corrected chi connectivity index (χ1v) is 8.55. The molecule has 0 radical (unpaired) electrons. The van der Waals surface area contributed by atoms with E-state index in [1.165, 1.54) is 0 Å². The van der Waals surface area contributed by atoms with Crippen molar-refractivity contribution in [3.05, 3.63) is 60.1 Å². The largest absolute Gasteiger partial charge is 0.437 e. The number of aryl methyl sites for hydroxylation is 1. The van der Waals surface area contributed by atoms with Gasteiger partial charge in [-0.25, -0.2) is 4.98 Å². The maximum absolute atomic E-state index is 12.2. The van der Waals surface area contributed by atoms with Crippen molar-refractivity contribution in [3.63, 3.8) is 0 Å². The fraction of sp³-hybridized carbons (Fsp3) is 0.350. The number of carbonyl (C=O) groups is 1. The Morgan fingerprint density at radius 3 is 2.88 bits per heavy atom. The van der Waals surface area contributed by atoms with Crippen molar-refractivity contribution in [2.45, 2.75) is 32.6 Å². The lowest BCUT2D eigenvalue weighted by atomic mass is 9.94. The highest BCUT2D eigenvalue weighted by Gasteiger charge is 2.28. The van der Waals surface area contributed by atoms with Crippen LogP contribution in [-0.4, -0.2) is 33.9 Å². The smallest absolute Gasteiger partial charge is 0.248 e. The van der Waals surface area contributed by atoms with Crippen molar-refractivity contribution in [1.82, 2.24) is 14.9 Å². The van der Waals surface area contributed by atoms with Gasteiger partial charge in [0.15, 0.2) is 0 Å². The third kappa shape index (κ3) is 4.05. The number of aromatic nitrogens is 2. The van der Waals surface area contributed by atoms with Crippen LogP contribution in [0.1, 0.15) is 36.9 Å². The zero-order chi connectivity index (χ0) is 17.8. The molecule has 1 aliphatic rings. The van der Waals surface area contributed by atoms with Gasteiger partial charge in [0.2, 0.25) is 11.8 Å². The number of ether oxygens (including phenoxy) is 1. The summed E-state index contributed by atoms with van der Waals surface area (Å²) in [6, 6.07) is 7.85. The van der Waals surface area contributed by atoms with Gasteiger partial charge in [-0.15, -0.1) is 0 Å². The van der Waals surface area contributed by atoms with Crippen molar-refractivity contribution in [2.75, 3.05) is 13.1 Å². The highest BCUT2D eigenvalue weighted by molar-refractivity contribution is 5.92. The van der Waals surface area contributed by atoms with Crippen LogP contribution in [0.5, 0.6) is 11.6 Å². The van der Waals surface area contributed by atoms with Gasteiger partial charge in [-0.05, 0) is 44.4 Å². The summed E-state index contributed by atoms with van der Waals surface area (Å²) in [6.07, 6.45) is 5.21. The summed E-state index contributed by atoms with van der Waals surface area (Å²) in [6.45, 7) is 8.92. The number of likely N-dealkylation sites (tertiary alicyclic amines) is 1. The molecule has 0 bridgehead atoms. The van der Waals surface area contributed by atoms with Crippen molar-refractivity contribution in [2.24, 2.45) is 0 Å². The van der Waals surface area contributed by atoms with Crippen LogP contribution < -0.4 is 4.74 Å². The summed E-state index contributed by atoms with van der Waals surface area (Å²) >= 11 is 0. The first kappa shape index (κ1) is 17.1. The minimum Gasteiger partial charge on any atom is -0.437 e. The SMILES string of the molecule is C=C(C)C(=O)N1CCCC(c2nccnc2Oc2cccc(C)c2)C1. The fourth-order valence-electron chi connectivity index (χ4n) is 3.14. The standard InChI is InChI=1S/C20H23N3O2/c1-14(2)20(24)23-11-5-7-16(13-23)18-19(22-10-9-21-18)25-17-8-4-6-15(3)12-17/h4,6,8-10,12,16H,1,5,7,11,13H2,2-3H3. The van der Waals surface area contributed by atoms with Gasteiger partial charge >= 0.3 is 0 Å². The molecule has 1 aliphatic heterocycles. The van der Waals surface area contributed by atoms with Gasteiger partial charge < -0.3 is 9.64 Å². The molecule has 1 aromatic heterocycles. The zero-order valence-electron chi connectivity index (χ0n) is 14.7. The zero-order valence-corrected chi connectivity index (χ0v) is 14.7. The number of carbonyl (C=O) groups excluding carboxylic acids is 1. The molecule has 5 nitrogen and oxygen atoms in total. The molecule has 1 fully saturated rings. The van der Waals surface area contributed by atoms with Crippen LogP contribution in [0.4, 0.5) is 0 Å². The highest BCUT2D eigenvalue weighted by Crippen LogP contribution is 2.33. The first-order chi connectivity index (χ1) is 12.0. The molecule has 1 amide bonds. The van der Waals surface area contributed by atoms with Crippen LogP contribution in [0.25, 0.3) is 0 Å². The lowest BCUT2D eigenvalue weighted by Gasteiger charge is -2.32. The Morgan fingerprint density at radius 2 is 2.12 bits per heavy atom. The Bertz CT molecular complexity index is 788. The minimum atomic E-state index is 0.00902. The number of benzene rings is 1. The second-order valence-corrected chi connectivity index (χ2v) is 6.54. The molecule has 1 saturated heterocycles. The van der Waals surface area contributed by atoms with Gasteiger partial charge in [0.25, 0.3) is 0 Å². The molecular weight excluding hydrogens is 314 g/mol. The van der Waals surface area contributed by atoms with E-state index in [4.69, 9.17) is 4.74 Å². The molecule has 2 heterocycles. The molecule has 1 atom stereocenters. The number of piperidine rings is 1. The van der Waals surface area contributed by atoms with Crippen molar-refractivity contribution in [3.8, 4) is 11.6 Å². The summed E-state index contributed by atoms with van der Waals surface area (Å²) < 4.78 is 5.99. The molecule has 0 saturated carbocycles. The van der Waals surface area contributed by atoms with Gasteiger partial charge in [-0.1, -0.05) is 18.7 Å². The summed E-state index contributed by atoms with van der Waals surface area (Å²) in [5.41, 5.74) is 2.50. The molecule has 2 aromatic rings. The summed E-state index contributed by atoms with van der Waals surface area (Å²) in [5, 5.41) is 0. The molecule has 130 valence electrons. The minimum absolute atomic E-state index is 0.00902. The monoisotopic (exact) mass is 337 g/mol. The molecule has 0 spiro atoms. The van der Waals surface area contributed by atoms with Crippen LogP contribution in [0, 0.1) is 6.92 Å². The predicted octanol–water partition coefficient (Wildman–Crippen LogP) is 3.86. The quantitative estimate of drug-likeness (QED) is 0.795. The van der Waals surface area contributed by atoms with E-state index in [0.717, 1.165) is 36.4 Å². The molecule has 0 aliphatic carbocycles. The maximum atomic E-state index is 12.2. The van der Waals surface area contributed by atoms with E-state index in [1.807, 2.05) is 36.1 Å². The van der Waals surface area contributed by atoms with Crippen LogP contribution in [0.3, 0.4) is 0 Å². The van der Waals surface area contributed by atoms with Gasteiger partial charge in [-0.3, -0.25) is 9.78 Å². The second-order valence-electron chi connectivity index (χ2n) is 6.54. The van der Waals surface area contributed by atoms with Crippen LogP contribution in [0.2, 0.25) is 0 Å². The Balaban J connectivity index is 1.82. The Kier molecular flexibility index (Phi) is 5.12. The van der Waals surface area contributed by atoms with Crippen molar-refractivity contribution < 1.29 is 9.53 Å². The molecule has 25 heavy (non-hydrogen) atoms. The van der Waals surface area contributed by atoms with Gasteiger partial charge in [0, 0.05) is 37.0 Å². The summed E-state index contributed by atoms with van der Waals surface area (Å²) in [5.74, 6) is 1.38. The van der Waals surface area contributed by atoms with E-state index < -0.39 is 0 Å². The van der Waals surface area contributed by atoms with E-state index >= 15 is 0 Å². The third-order valence-corrected chi connectivity index (χ3v) is 4.36. The van der Waals surface area contributed by atoms with E-state index in [1.54, 1.807) is 19.3 Å². The van der Waals surface area contributed by atoms with E-state index in [-0.39, 0.29) is 11.8 Å². The van der Waals surface area contributed by atoms with Crippen LogP contribution >= 0.6 is 0 Å². The number of amides is 1. The Labute approximate surface area is 148 Å². The lowest BCUT2D eigenvalue weighted by molar-refractivity contribution is -0.128. The molecule has 5 heteroatoms. The summed E-state index contributed by atoms with van der Waals surface area (Å²) in [4.78, 5) is 23.0. The molecule has 1 unspecified atom stereocenters. The average Bonchev–Trinajstić information content (AvgIpc) is 2.61. The predicted molar refractivity (Wildman–Crippen MR) is 96.7 cm³/mol. The van der Waals surface area contributed by atoms with Gasteiger partial charge in [0.1, 0.15) is 11.4 Å². The number of hydrogen-bond acceptors (Lipinski definition) is 4. The Hall–Kier alpha value is -2.69. The normalized spacial score (nSPS) is 17.2. The first-order valence-electron chi connectivity index (χ1n) is 8.55. The van der Waals surface area contributed by atoms with Gasteiger partial charge in [-0.2, -0.15) is 0 Å². The Morgan fingerprint density at radius 1 is 1.32 bits per heavy atom.